The molecule has 1 aromatic carbocycles. The predicted molar refractivity (Wildman–Crippen MR) is 115 cm³/mol. The van der Waals surface area contributed by atoms with E-state index in [1.807, 2.05) is 11.8 Å². The van der Waals surface area contributed by atoms with Gasteiger partial charge < -0.3 is 19.9 Å². The quantitative estimate of drug-likeness (QED) is 0.831. The molecule has 1 atom stereocenters. The zero-order valence-corrected chi connectivity index (χ0v) is 17.6. The smallest absolute Gasteiger partial charge is 0.146 e. The van der Waals surface area contributed by atoms with E-state index in [0.717, 1.165) is 66.3 Å². The van der Waals surface area contributed by atoms with Crippen LogP contribution in [0.4, 0.5) is 17.3 Å². The standard InChI is InChI=1S/C21H27N5OS/c1-13-8-15(16-10-25(3)11-16)9-17-19(13)27-14(2)18-20(24-17)22-12-23-21(18)26-4-6-28-7-5-26/h8-9,12,14,16H,4-7,10-11H2,1-3H3,(H,22,23,24)/t14-/m1/s1. The van der Waals surface area contributed by atoms with Crippen molar-refractivity contribution in [3.63, 3.8) is 0 Å². The van der Waals surface area contributed by atoms with Crippen molar-refractivity contribution < 1.29 is 4.74 Å². The van der Waals surface area contributed by atoms with Gasteiger partial charge in [-0.05, 0) is 38.1 Å². The number of aryl methyl sites for hydroxylation is 1. The first-order chi connectivity index (χ1) is 13.6. The van der Waals surface area contributed by atoms with Gasteiger partial charge in [0.05, 0.1) is 11.3 Å². The van der Waals surface area contributed by atoms with Crippen molar-refractivity contribution in [1.29, 1.82) is 0 Å². The molecule has 0 aliphatic carbocycles. The minimum Gasteiger partial charge on any atom is -0.483 e. The van der Waals surface area contributed by atoms with E-state index in [4.69, 9.17) is 4.74 Å². The molecule has 3 aliphatic rings. The van der Waals surface area contributed by atoms with Gasteiger partial charge in [-0.15, -0.1) is 0 Å². The molecule has 0 spiro atoms. The number of likely N-dealkylation sites (N-methyl/N-ethyl adjacent to an activating group) is 1. The van der Waals surface area contributed by atoms with Crippen LogP contribution >= 0.6 is 11.8 Å². The zero-order chi connectivity index (χ0) is 19.3. The fourth-order valence-electron chi connectivity index (χ4n) is 4.45. The predicted octanol–water partition coefficient (Wildman–Crippen LogP) is 3.56. The van der Waals surface area contributed by atoms with Crippen molar-refractivity contribution >= 4 is 29.1 Å². The number of aromatic nitrogens is 2. The lowest BCUT2D eigenvalue weighted by Gasteiger charge is -2.37. The Bertz CT molecular complexity index is 893. The van der Waals surface area contributed by atoms with Gasteiger partial charge >= 0.3 is 0 Å². The van der Waals surface area contributed by atoms with Crippen molar-refractivity contribution in [2.24, 2.45) is 0 Å². The van der Waals surface area contributed by atoms with Crippen molar-refractivity contribution in [1.82, 2.24) is 14.9 Å². The summed E-state index contributed by atoms with van der Waals surface area (Å²) in [6, 6.07) is 4.54. The normalized spacial score (nSPS) is 22.4. The lowest BCUT2D eigenvalue weighted by Crippen LogP contribution is -2.41. The minimum absolute atomic E-state index is 0.103. The second kappa shape index (κ2) is 7.12. The van der Waals surface area contributed by atoms with Crippen LogP contribution in [0.15, 0.2) is 18.5 Å². The maximum Gasteiger partial charge on any atom is 0.146 e. The van der Waals surface area contributed by atoms with E-state index in [1.54, 1.807) is 6.33 Å². The second-order valence-corrected chi connectivity index (χ2v) is 9.30. The fourth-order valence-corrected chi connectivity index (χ4v) is 5.35. The van der Waals surface area contributed by atoms with Gasteiger partial charge in [0.2, 0.25) is 0 Å². The van der Waals surface area contributed by atoms with Crippen LogP contribution < -0.4 is 15.0 Å². The van der Waals surface area contributed by atoms with Gasteiger partial charge in [0.1, 0.15) is 29.8 Å². The van der Waals surface area contributed by atoms with Crippen LogP contribution in [0, 0.1) is 6.92 Å². The summed E-state index contributed by atoms with van der Waals surface area (Å²) in [5, 5.41) is 3.59. The molecule has 3 aliphatic heterocycles. The lowest BCUT2D eigenvalue weighted by molar-refractivity contribution is 0.189. The molecule has 0 amide bonds. The summed E-state index contributed by atoms with van der Waals surface area (Å²) in [4.78, 5) is 14.0. The molecule has 2 fully saturated rings. The first-order valence-corrected chi connectivity index (χ1v) is 11.2. The van der Waals surface area contributed by atoms with Gasteiger partial charge in [0.25, 0.3) is 0 Å². The van der Waals surface area contributed by atoms with Crippen molar-refractivity contribution in [2.75, 3.05) is 54.9 Å². The summed E-state index contributed by atoms with van der Waals surface area (Å²) in [5.41, 5.74) is 4.64. The molecule has 28 heavy (non-hydrogen) atoms. The summed E-state index contributed by atoms with van der Waals surface area (Å²) in [5.74, 6) is 5.69. The van der Waals surface area contributed by atoms with E-state index in [-0.39, 0.29) is 6.10 Å². The number of rotatable bonds is 2. The molecule has 2 saturated heterocycles. The van der Waals surface area contributed by atoms with Gasteiger partial charge in [-0.25, -0.2) is 9.97 Å². The number of ether oxygens (including phenoxy) is 1. The summed E-state index contributed by atoms with van der Waals surface area (Å²) < 4.78 is 6.47. The molecule has 2 aromatic rings. The number of hydrogen-bond donors (Lipinski definition) is 1. The molecule has 6 nitrogen and oxygen atoms in total. The highest BCUT2D eigenvalue weighted by molar-refractivity contribution is 7.99. The van der Waals surface area contributed by atoms with E-state index in [1.165, 1.54) is 11.1 Å². The fraction of sp³-hybridized carbons (Fsp3) is 0.524. The summed E-state index contributed by atoms with van der Waals surface area (Å²) in [7, 11) is 2.17. The molecule has 1 aromatic heterocycles. The topological polar surface area (TPSA) is 53.5 Å². The number of anilines is 3. The number of nitrogens with one attached hydrogen (secondary N) is 1. The van der Waals surface area contributed by atoms with Gasteiger partial charge in [-0.1, -0.05) is 6.07 Å². The third kappa shape index (κ3) is 3.10. The molecule has 148 valence electrons. The number of hydrogen-bond acceptors (Lipinski definition) is 7. The van der Waals surface area contributed by atoms with Crippen molar-refractivity contribution in [2.45, 2.75) is 25.9 Å². The Morgan fingerprint density at radius 3 is 2.71 bits per heavy atom. The Hall–Kier alpha value is -1.99. The molecule has 7 heteroatoms. The molecular formula is C21H27N5OS. The average Bonchev–Trinajstić information content (AvgIpc) is 2.82. The van der Waals surface area contributed by atoms with Crippen LogP contribution in [0.5, 0.6) is 5.75 Å². The van der Waals surface area contributed by atoms with Crippen LogP contribution in [0.3, 0.4) is 0 Å². The number of thioether (sulfide) groups is 1. The molecule has 5 rings (SSSR count). The van der Waals surface area contributed by atoms with E-state index in [2.05, 4.69) is 58.1 Å². The number of nitrogens with zero attached hydrogens (tertiary/aromatic N) is 4. The van der Waals surface area contributed by atoms with Crippen LogP contribution in [-0.2, 0) is 0 Å². The third-order valence-electron chi connectivity index (χ3n) is 5.96. The molecule has 4 heterocycles. The van der Waals surface area contributed by atoms with Gasteiger partial charge in [-0.2, -0.15) is 11.8 Å². The second-order valence-electron chi connectivity index (χ2n) is 8.08. The molecule has 0 radical (unpaired) electrons. The van der Waals surface area contributed by atoms with Crippen molar-refractivity contribution in [3.05, 3.63) is 35.2 Å². The SMILES string of the molecule is Cc1cc(C2CN(C)C2)cc2c1O[C@H](C)c1c(ncnc1N1CCSCC1)N2. The van der Waals surface area contributed by atoms with E-state index < -0.39 is 0 Å². The van der Waals surface area contributed by atoms with E-state index >= 15 is 0 Å². The summed E-state index contributed by atoms with van der Waals surface area (Å²) in [6.07, 6.45) is 1.58. The monoisotopic (exact) mass is 397 g/mol. The van der Waals surface area contributed by atoms with Crippen LogP contribution in [0.25, 0.3) is 0 Å². The number of benzene rings is 1. The summed E-state index contributed by atoms with van der Waals surface area (Å²) >= 11 is 2.00. The zero-order valence-electron chi connectivity index (χ0n) is 16.7. The van der Waals surface area contributed by atoms with E-state index in [0.29, 0.717) is 5.92 Å². The lowest BCUT2D eigenvalue weighted by atomic mass is 9.90. The third-order valence-corrected chi connectivity index (χ3v) is 6.90. The first kappa shape index (κ1) is 18.1. The highest BCUT2D eigenvalue weighted by atomic mass is 32.2. The van der Waals surface area contributed by atoms with Crippen LogP contribution in [0.1, 0.15) is 35.6 Å². The molecule has 0 bridgehead atoms. The Balaban J connectivity index is 1.54. The van der Waals surface area contributed by atoms with Gasteiger partial charge in [0.15, 0.2) is 0 Å². The highest BCUT2D eigenvalue weighted by Crippen LogP contribution is 2.44. The highest BCUT2D eigenvalue weighted by Gasteiger charge is 2.31. The molecular weight excluding hydrogens is 370 g/mol. The molecule has 0 saturated carbocycles. The minimum atomic E-state index is -0.103. The maximum absolute atomic E-state index is 6.47. The van der Waals surface area contributed by atoms with Gasteiger partial charge in [0, 0.05) is 43.6 Å². The van der Waals surface area contributed by atoms with Crippen LogP contribution in [0.2, 0.25) is 0 Å². The first-order valence-electron chi connectivity index (χ1n) is 10.0. The van der Waals surface area contributed by atoms with Crippen LogP contribution in [-0.4, -0.2) is 59.6 Å². The summed E-state index contributed by atoms with van der Waals surface area (Å²) in [6.45, 7) is 8.52. The largest absolute Gasteiger partial charge is 0.483 e. The number of fused-ring (bicyclic) bond motifs is 2. The molecule has 1 N–H and O–H groups in total. The van der Waals surface area contributed by atoms with Crippen molar-refractivity contribution in [3.8, 4) is 5.75 Å². The maximum atomic E-state index is 6.47. The van der Waals surface area contributed by atoms with Gasteiger partial charge in [-0.3, -0.25) is 0 Å². The Morgan fingerprint density at radius 2 is 1.96 bits per heavy atom. The molecule has 0 unspecified atom stereocenters. The average molecular weight is 398 g/mol. The Morgan fingerprint density at radius 1 is 1.18 bits per heavy atom. The number of likely N-dealkylation sites (tertiary alicyclic amines) is 1. The van der Waals surface area contributed by atoms with E-state index in [9.17, 15) is 0 Å². The Kier molecular flexibility index (Phi) is 4.59. The Labute approximate surface area is 170 Å².